The average molecular weight is 271 g/mol. The normalized spacial score (nSPS) is 22.8. The van der Waals surface area contributed by atoms with Crippen molar-refractivity contribution in [1.82, 2.24) is 5.32 Å². The second-order valence-corrected chi connectivity index (χ2v) is 6.98. The third-order valence-corrected chi connectivity index (χ3v) is 5.07. The summed E-state index contributed by atoms with van der Waals surface area (Å²) < 4.78 is 36.3. The number of benzene rings is 1. The molecule has 1 atom stereocenters. The average Bonchev–Trinajstić information content (AvgIpc) is 2.30. The van der Waals surface area contributed by atoms with Crippen molar-refractivity contribution < 1.29 is 12.8 Å². The van der Waals surface area contributed by atoms with Crippen LogP contribution in [0.25, 0.3) is 0 Å². The van der Waals surface area contributed by atoms with E-state index >= 15 is 0 Å². The maximum Gasteiger partial charge on any atom is 0.151 e. The first-order chi connectivity index (χ1) is 8.57. The number of rotatable bonds is 4. The highest BCUT2D eigenvalue weighted by molar-refractivity contribution is 7.91. The number of halogens is 1. The quantitative estimate of drug-likeness (QED) is 0.903. The molecule has 1 aliphatic heterocycles. The van der Waals surface area contributed by atoms with E-state index in [1.54, 1.807) is 12.1 Å². The molecule has 0 amide bonds. The summed E-state index contributed by atoms with van der Waals surface area (Å²) >= 11 is 0. The minimum atomic E-state index is -2.87. The molecule has 0 bridgehead atoms. The molecule has 100 valence electrons. The molecule has 18 heavy (non-hydrogen) atoms. The van der Waals surface area contributed by atoms with Gasteiger partial charge in [-0.05, 0) is 37.4 Å². The second kappa shape index (κ2) is 5.80. The number of hydrogen-bond donors (Lipinski definition) is 1. The van der Waals surface area contributed by atoms with Crippen LogP contribution in [0.1, 0.15) is 18.4 Å². The molecule has 1 aromatic rings. The van der Waals surface area contributed by atoms with Crippen LogP contribution in [0.2, 0.25) is 0 Å². The van der Waals surface area contributed by atoms with Crippen molar-refractivity contribution in [1.29, 1.82) is 0 Å². The smallest absolute Gasteiger partial charge is 0.151 e. The Morgan fingerprint density at radius 3 is 2.83 bits per heavy atom. The van der Waals surface area contributed by atoms with Gasteiger partial charge < -0.3 is 5.32 Å². The van der Waals surface area contributed by atoms with Crippen molar-refractivity contribution in [2.45, 2.75) is 25.3 Å². The topological polar surface area (TPSA) is 46.2 Å². The highest BCUT2D eigenvalue weighted by atomic mass is 32.2. The van der Waals surface area contributed by atoms with E-state index in [-0.39, 0.29) is 17.6 Å². The van der Waals surface area contributed by atoms with Crippen molar-refractivity contribution in [2.24, 2.45) is 0 Å². The Balaban J connectivity index is 1.81. The number of hydrogen-bond acceptors (Lipinski definition) is 3. The van der Waals surface area contributed by atoms with E-state index in [9.17, 15) is 12.8 Å². The van der Waals surface area contributed by atoms with E-state index in [1.807, 2.05) is 6.07 Å². The van der Waals surface area contributed by atoms with Gasteiger partial charge in [-0.2, -0.15) is 0 Å². The Hall–Kier alpha value is -0.940. The summed E-state index contributed by atoms with van der Waals surface area (Å²) in [5, 5.41) is 3.21. The molecule has 3 nitrogen and oxygen atoms in total. The Bertz CT molecular complexity index is 501. The van der Waals surface area contributed by atoms with Gasteiger partial charge in [-0.1, -0.05) is 18.2 Å². The largest absolute Gasteiger partial charge is 0.313 e. The van der Waals surface area contributed by atoms with Gasteiger partial charge in [-0.3, -0.25) is 0 Å². The lowest BCUT2D eigenvalue weighted by Crippen LogP contribution is -2.41. The molecular formula is C13H18FNO2S. The fourth-order valence-electron chi connectivity index (χ4n) is 2.30. The summed E-state index contributed by atoms with van der Waals surface area (Å²) in [5.74, 6) is 0.318. The minimum Gasteiger partial charge on any atom is -0.313 e. The van der Waals surface area contributed by atoms with Crippen LogP contribution < -0.4 is 5.32 Å². The molecule has 2 rings (SSSR count). The van der Waals surface area contributed by atoms with Gasteiger partial charge in [0.15, 0.2) is 9.84 Å². The summed E-state index contributed by atoms with van der Waals surface area (Å²) in [4.78, 5) is 0. The number of nitrogens with one attached hydrogen (secondary N) is 1. The molecule has 1 N–H and O–H groups in total. The Labute approximate surface area is 107 Å². The molecule has 1 aliphatic rings. The van der Waals surface area contributed by atoms with Crippen molar-refractivity contribution >= 4 is 9.84 Å². The molecule has 1 aromatic carbocycles. The predicted molar refractivity (Wildman–Crippen MR) is 69.8 cm³/mol. The fraction of sp³-hybridized carbons (Fsp3) is 0.538. The van der Waals surface area contributed by atoms with Crippen LogP contribution in [0, 0.1) is 5.82 Å². The van der Waals surface area contributed by atoms with E-state index in [4.69, 9.17) is 0 Å². The molecule has 1 saturated heterocycles. The van der Waals surface area contributed by atoms with Gasteiger partial charge in [-0.25, -0.2) is 12.8 Å². The van der Waals surface area contributed by atoms with Gasteiger partial charge >= 0.3 is 0 Å². The number of sulfone groups is 1. The van der Waals surface area contributed by atoms with Crippen molar-refractivity contribution in [3.8, 4) is 0 Å². The Kier molecular flexibility index (Phi) is 4.35. The minimum absolute atomic E-state index is 0.0236. The summed E-state index contributed by atoms with van der Waals surface area (Å²) in [7, 11) is -2.87. The van der Waals surface area contributed by atoms with Crippen LogP contribution in [0.4, 0.5) is 4.39 Å². The highest BCUT2D eigenvalue weighted by Crippen LogP contribution is 2.12. The van der Waals surface area contributed by atoms with Gasteiger partial charge in [0.2, 0.25) is 0 Å². The summed E-state index contributed by atoms with van der Waals surface area (Å²) in [5.41, 5.74) is 0.670. The molecule has 5 heteroatoms. The molecule has 0 aromatic heterocycles. The predicted octanol–water partition coefficient (Wildman–Crippen LogP) is 1.53. The molecular weight excluding hydrogens is 253 g/mol. The molecule has 1 heterocycles. The van der Waals surface area contributed by atoms with E-state index in [0.717, 1.165) is 12.8 Å². The molecule has 0 aliphatic carbocycles. The summed E-state index contributed by atoms with van der Waals surface area (Å²) in [6.07, 6.45) is 2.19. The molecule has 1 unspecified atom stereocenters. The maximum atomic E-state index is 13.4. The lowest BCUT2D eigenvalue weighted by Gasteiger charge is -2.23. The summed E-state index contributed by atoms with van der Waals surface area (Å²) in [6.45, 7) is 0.612. The maximum absolute atomic E-state index is 13.4. The van der Waals surface area contributed by atoms with Crippen LogP contribution in [0.3, 0.4) is 0 Å². The lowest BCUT2D eigenvalue weighted by molar-refractivity contribution is 0.480. The molecule has 0 saturated carbocycles. The third kappa shape index (κ3) is 3.78. The van der Waals surface area contributed by atoms with E-state index in [1.165, 1.54) is 6.07 Å². The van der Waals surface area contributed by atoms with E-state index in [0.29, 0.717) is 24.3 Å². The highest BCUT2D eigenvalue weighted by Gasteiger charge is 2.23. The van der Waals surface area contributed by atoms with Crippen LogP contribution in [0.15, 0.2) is 24.3 Å². The summed E-state index contributed by atoms with van der Waals surface area (Å²) in [6, 6.07) is 6.70. The van der Waals surface area contributed by atoms with Crippen LogP contribution in [-0.2, 0) is 16.3 Å². The Morgan fingerprint density at radius 1 is 1.33 bits per heavy atom. The van der Waals surface area contributed by atoms with Crippen LogP contribution in [-0.4, -0.2) is 32.5 Å². The van der Waals surface area contributed by atoms with Gasteiger partial charge in [0, 0.05) is 6.04 Å². The first-order valence-corrected chi connectivity index (χ1v) is 8.06. The second-order valence-electron chi connectivity index (χ2n) is 4.75. The van der Waals surface area contributed by atoms with E-state index in [2.05, 4.69) is 5.32 Å². The van der Waals surface area contributed by atoms with Crippen LogP contribution in [0.5, 0.6) is 0 Å². The fourth-order valence-corrected chi connectivity index (χ4v) is 3.97. The monoisotopic (exact) mass is 271 g/mol. The van der Waals surface area contributed by atoms with Gasteiger partial charge in [0.1, 0.15) is 5.82 Å². The SMILES string of the molecule is O=S1(=O)CCCC(NCCc2ccccc2F)C1. The van der Waals surface area contributed by atoms with Gasteiger partial charge in [0.05, 0.1) is 11.5 Å². The van der Waals surface area contributed by atoms with Crippen LogP contribution >= 0.6 is 0 Å². The van der Waals surface area contributed by atoms with Gasteiger partial charge in [0.25, 0.3) is 0 Å². The van der Waals surface area contributed by atoms with E-state index < -0.39 is 9.84 Å². The van der Waals surface area contributed by atoms with Crippen molar-refractivity contribution in [2.75, 3.05) is 18.1 Å². The zero-order chi connectivity index (χ0) is 13.0. The zero-order valence-corrected chi connectivity index (χ0v) is 11.0. The Morgan fingerprint density at radius 2 is 2.11 bits per heavy atom. The molecule has 0 radical (unpaired) electrons. The molecule has 1 fully saturated rings. The molecule has 0 spiro atoms. The third-order valence-electron chi connectivity index (χ3n) is 3.25. The van der Waals surface area contributed by atoms with Gasteiger partial charge in [-0.15, -0.1) is 0 Å². The van der Waals surface area contributed by atoms with Crippen molar-refractivity contribution in [3.63, 3.8) is 0 Å². The zero-order valence-electron chi connectivity index (χ0n) is 10.2. The lowest BCUT2D eigenvalue weighted by atomic mass is 10.1. The first-order valence-electron chi connectivity index (χ1n) is 6.24. The first kappa shape index (κ1) is 13.5. The standard InChI is InChI=1S/C13H18FNO2S/c14-13-6-2-1-4-11(13)7-8-15-12-5-3-9-18(16,17)10-12/h1-2,4,6,12,15H,3,5,7-10H2. The van der Waals surface area contributed by atoms with Crippen molar-refractivity contribution in [3.05, 3.63) is 35.6 Å².